The first-order valence-electron chi connectivity index (χ1n) is 11.0. The summed E-state index contributed by atoms with van der Waals surface area (Å²) in [6.07, 6.45) is 1.81. The molecule has 0 amide bonds. The lowest BCUT2D eigenvalue weighted by Crippen LogP contribution is -2.41. The van der Waals surface area contributed by atoms with E-state index in [2.05, 4.69) is 32.4 Å². The van der Waals surface area contributed by atoms with Gasteiger partial charge in [0.05, 0.1) is 26.0 Å². The van der Waals surface area contributed by atoms with Crippen molar-refractivity contribution < 1.29 is 18.6 Å². The van der Waals surface area contributed by atoms with Gasteiger partial charge in [0.15, 0.2) is 11.4 Å². The van der Waals surface area contributed by atoms with Crippen LogP contribution in [-0.4, -0.2) is 73.3 Å². The fourth-order valence-corrected chi connectivity index (χ4v) is 4.26. The van der Waals surface area contributed by atoms with E-state index in [4.69, 9.17) is 18.6 Å². The number of hydrogen-bond acceptors (Lipinski definition) is 8. The predicted octanol–water partition coefficient (Wildman–Crippen LogP) is 2.35. The molecule has 2 fully saturated rings. The average Bonchev–Trinajstić information content (AvgIpc) is 3.47. The average molecular weight is 435 g/mol. The molecule has 0 bridgehead atoms. The molecule has 0 aliphatic carbocycles. The van der Waals surface area contributed by atoms with E-state index in [0.29, 0.717) is 19.1 Å². The van der Waals surface area contributed by atoms with Crippen LogP contribution in [0.3, 0.4) is 0 Å². The van der Waals surface area contributed by atoms with Crippen molar-refractivity contribution in [2.24, 2.45) is 0 Å². The minimum Gasteiger partial charge on any atom is -0.474 e. The number of morpholine rings is 2. The van der Waals surface area contributed by atoms with Gasteiger partial charge < -0.3 is 28.8 Å². The van der Waals surface area contributed by atoms with Crippen LogP contribution in [0.4, 0.5) is 5.69 Å². The van der Waals surface area contributed by atoms with Crippen molar-refractivity contribution in [1.82, 2.24) is 19.9 Å². The van der Waals surface area contributed by atoms with E-state index in [9.17, 15) is 0 Å². The van der Waals surface area contributed by atoms with Gasteiger partial charge in [-0.25, -0.2) is 9.50 Å². The standard InChI is InChI=1S/C23H25N5O4/c1-2-18(27-7-10-29-11-8-27)17-12-21(32-20(17)3-1)19-14-25-22-4-5-23(26-28(19)22)31-15-16-13-24-6-9-30-16/h1-5,12,14,16,24H,6-11,13,15H2/t16-/m1/s1. The van der Waals surface area contributed by atoms with Crippen LogP contribution in [0.25, 0.3) is 28.1 Å². The number of imidazole rings is 1. The van der Waals surface area contributed by atoms with Crippen molar-refractivity contribution in [1.29, 1.82) is 0 Å². The second-order valence-electron chi connectivity index (χ2n) is 7.99. The Morgan fingerprint density at radius 3 is 2.94 bits per heavy atom. The molecule has 5 heterocycles. The molecule has 4 aromatic rings. The number of nitrogens with zero attached hydrogens (tertiary/aromatic N) is 4. The SMILES string of the molecule is c1cc(N2CCOCC2)c2cc(-c3cnc4ccc(OC[C@H]5CNCCO5)nn34)oc2c1. The van der Waals surface area contributed by atoms with Gasteiger partial charge in [-0.1, -0.05) is 6.07 Å². The first kappa shape index (κ1) is 19.5. The summed E-state index contributed by atoms with van der Waals surface area (Å²) in [4.78, 5) is 6.83. The third-order valence-electron chi connectivity index (χ3n) is 5.90. The summed E-state index contributed by atoms with van der Waals surface area (Å²) in [5.41, 5.74) is 3.52. The van der Waals surface area contributed by atoms with Gasteiger partial charge in [-0.3, -0.25) is 0 Å². The molecule has 3 aromatic heterocycles. The second-order valence-corrected chi connectivity index (χ2v) is 7.99. The van der Waals surface area contributed by atoms with Crippen LogP contribution in [0.15, 0.2) is 47.0 Å². The summed E-state index contributed by atoms with van der Waals surface area (Å²) >= 11 is 0. The van der Waals surface area contributed by atoms with E-state index in [1.54, 1.807) is 10.7 Å². The van der Waals surface area contributed by atoms with Crippen molar-refractivity contribution in [3.8, 4) is 17.3 Å². The first-order chi connectivity index (χ1) is 15.8. The number of benzene rings is 1. The Labute approximate surface area is 184 Å². The number of furan rings is 1. The van der Waals surface area contributed by atoms with Gasteiger partial charge in [0.25, 0.3) is 0 Å². The van der Waals surface area contributed by atoms with Crippen molar-refractivity contribution in [3.63, 3.8) is 0 Å². The number of nitrogens with one attached hydrogen (secondary N) is 1. The number of rotatable bonds is 5. The Hall–Kier alpha value is -3.14. The van der Waals surface area contributed by atoms with Crippen molar-refractivity contribution in [2.75, 3.05) is 57.5 Å². The highest BCUT2D eigenvalue weighted by Crippen LogP contribution is 2.34. The molecule has 1 atom stereocenters. The maximum Gasteiger partial charge on any atom is 0.231 e. The molecule has 2 aliphatic heterocycles. The monoisotopic (exact) mass is 435 g/mol. The molecule has 2 aliphatic rings. The minimum absolute atomic E-state index is 0.0254. The van der Waals surface area contributed by atoms with Gasteiger partial charge in [0.1, 0.15) is 24.0 Å². The van der Waals surface area contributed by atoms with Crippen molar-refractivity contribution in [2.45, 2.75) is 6.10 Å². The molecule has 2 saturated heterocycles. The van der Waals surface area contributed by atoms with Crippen LogP contribution < -0.4 is 15.0 Å². The minimum atomic E-state index is 0.0254. The molecule has 0 unspecified atom stereocenters. The Morgan fingerprint density at radius 2 is 2.06 bits per heavy atom. The van der Waals surface area contributed by atoms with Gasteiger partial charge in [-0.15, -0.1) is 5.10 Å². The molecular formula is C23H25N5O4. The second kappa shape index (κ2) is 8.42. The van der Waals surface area contributed by atoms with Gasteiger partial charge >= 0.3 is 0 Å². The largest absolute Gasteiger partial charge is 0.474 e. The summed E-state index contributed by atoms with van der Waals surface area (Å²) in [6.45, 7) is 6.03. The number of fused-ring (bicyclic) bond motifs is 2. The molecule has 9 nitrogen and oxygen atoms in total. The summed E-state index contributed by atoms with van der Waals surface area (Å²) < 4.78 is 25.1. The van der Waals surface area contributed by atoms with E-state index < -0.39 is 0 Å². The summed E-state index contributed by atoms with van der Waals surface area (Å²) in [5, 5.41) is 9.03. The van der Waals surface area contributed by atoms with Crippen molar-refractivity contribution in [3.05, 3.63) is 42.6 Å². The number of aromatic nitrogens is 3. The van der Waals surface area contributed by atoms with Crippen LogP contribution in [0, 0.1) is 0 Å². The third kappa shape index (κ3) is 3.68. The zero-order valence-electron chi connectivity index (χ0n) is 17.7. The van der Waals surface area contributed by atoms with Gasteiger partial charge in [0.2, 0.25) is 5.88 Å². The molecule has 1 aromatic carbocycles. The molecule has 0 saturated carbocycles. The van der Waals surface area contributed by atoms with Crippen LogP contribution >= 0.6 is 0 Å². The van der Waals surface area contributed by atoms with E-state index in [-0.39, 0.29) is 6.10 Å². The number of hydrogen-bond donors (Lipinski definition) is 1. The molecular weight excluding hydrogens is 410 g/mol. The lowest BCUT2D eigenvalue weighted by molar-refractivity contribution is -0.000968. The predicted molar refractivity (Wildman–Crippen MR) is 119 cm³/mol. The van der Waals surface area contributed by atoms with Gasteiger partial charge in [0, 0.05) is 43.3 Å². The molecule has 0 radical (unpaired) electrons. The highest BCUT2D eigenvalue weighted by molar-refractivity contribution is 5.94. The highest BCUT2D eigenvalue weighted by atomic mass is 16.5. The highest BCUT2D eigenvalue weighted by Gasteiger charge is 2.19. The molecule has 6 rings (SSSR count). The van der Waals surface area contributed by atoms with Gasteiger partial charge in [-0.2, -0.15) is 0 Å². The zero-order chi connectivity index (χ0) is 21.3. The van der Waals surface area contributed by atoms with Gasteiger partial charge in [-0.05, 0) is 24.3 Å². The van der Waals surface area contributed by atoms with E-state index in [0.717, 1.165) is 73.2 Å². The molecule has 1 N–H and O–H groups in total. The van der Waals surface area contributed by atoms with Crippen LogP contribution in [0.2, 0.25) is 0 Å². The third-order valence-corrected chi connectivity index (χ3v) is 5.90. The molecule has 32 heavy (non-hydrogen) atoms. The summed E-state index contributed by atoms with van der Waals surface area (Å²) in [6, 6.07) is 12.0. The lowest BCUT2D eigenvalue weighted by Gasteiger charge is -2.29. The zero-order valence-corrected chi connectivity index (χ0v) is 17.7. The fraction of sp³-hybridized carbons (Fsp3) is 0.391. The van der Waals surface area contributed by atoms with E-state index in [1.807, 2.05) is 24.3 Å². The maximum atomic E-state index is 6.22. The van der Waals surface area contributed by atoms with E-state index in [1.165, 1.54) is 0 Å². The molecule has 166 valence electrons. The Bertz CT molecular complexity index is 1220. The van der Waals surface area contributed by atoms with Crippen LogP contribution in [0.1, 0.15) is 0 Å². The van der Waals surface area contributed by atoms with E-state index >= 15 is 0 Å². The lowest BCUT2D eigenvalue weighted by atomic mass is 10.2. The number of anilines is 1. The van der Waals surface area contributed by atoms with Crippen molar-refractivity contribution >= 4 is 22.3 Å². The normalized spacial score (nSPS) is 19.6. The maximum absolute atomic E-state index is 6.22. The number of ether oxygens (including phenoxy) is 3. The summed E-state index contributed by atoms with van der Waals surface area (Å²) in [7, 11) is 0. The smallest absolute Gasteiger partial charge is 0.231 e. The van der Waals surface area contributed by atoms with Crippen LogP contribution in [0.5, 0.6) is 5.88 Å². The summed E-state index contributed by atoms with van der Waals surface area (Å²) in [5.74, 6) is 1.24. The molecule has 9 heteroatoms. The quantitative estimate of drug-likeness (QED) is 0.511. The van der Waals surface area contributed by atoms with Crippen LogP contribution in [-0.2, 0) is 9.47 Å². The Balaban J connectivity index is 1.31. The fourth-order valence-electron chi connectivity index (χ4n) is 4.26. The topological polar surface area (TPSA) is 86.3 Å². The Kier molecular flexibility index (Phi) is 5.14. The first-order valence-corrected chi connectivity index (χ1v) is 11.0. The Morgan fingerprint density at radius 1 is 1.12 bits per heavy atom. The molecule has 0 spiro atoms.